The molecule has 0 spiro atoms. The molecule has 7 heteroatoms. The summed E-state index contributed by atoms with van der Waals surface area (Å²) < 4.78 is 16.0. The Morgan fingerprint density at radius 3 is 2.08 bits per heavy atom. The van der Waals surface area contributed by atoms with E-state index in [9.17, 15) is 9.59 Å². The van der Waals surface area contributed by atoms with Crippen molar-refractivity contribution in [2.75, 3.05) is 27.9 Å². The van der Waals surface area contributed by atoms with Gasteiger partial charge in [0.15, 0.2) is 11.5 Å². The second-order valence-corrected chi connectivity index (χ2v) is 8.34. The first-order valence-corrected chi connectivity index (χ1v) is 11.9. The highest BCUT2D eigenvalue weighted by Gasteiger charge is 2.30. The molecule has 1 N–H and O–H groups in total. The predicted molar refractivity (Wildman–Crippen MR) is 139 cm³/mol. The van der Waals surface area contributed by atoms with Crippen LogP contribution in [0.25, 0.3) is 0 Å². The average molecular weight is 491 g/mol. The number of hydrogen-bond acceptors (Lipinski definition) is 5. The minimum Gasteiger partial charge on any atom is -0.497 e. The Labute approximate surface area is 213 Å². The predicted octanol–water partition coefficient (Wildman–Crippen LogP) is 4.03. The molecule has 0 aliphatic carbocycles. The van der Waals surface area contributed by atoms with Crippen LogP contribution in [0.4, 0.5) is 0 Å². The van der Waals surface area contributed by atoms with Gasteiger partial charge in [-0.2, -0.15) is 0 Å². The third-order valence-corrected chi connectivity index (χ3v) is 5.94. The SMILES string of the molecule is CCNC(=O)C(Cc1ccccc1)N(Cc1ccc(OC)cc1)C(=O)Cc1ccc(OC)c(OC)c1. The maximum Gasteiger partial charge on any atom is 0.243 e. The molecule has 0 aliphatic rings. The number of carbonyl (C=O) groups excluding carboxylic acids is 2. The van der Waals surface area contributed by atoms with Gasteiger partial charge in [-0.05, 0) is 47.9 Å². The Hall–Kier alpha value is -4.00. The molecular formula is C29H34N2O5. The summed E-state index contributed by atoms with van der Waals surface area (Å²) >= 11 is 0. The van der Waals surface area contributed by atoms with Crippen LogP contribution >= 0.6 is 0 Å². The maximum atomic E-state index is 13.8. The van der Waals surface area contributed by atoms with Crippen molar-refractivity contribution in [2.24, 2.45) is 0 Å². The zero-order chi connectivity index (χ0) is 25.9. The molecule has 190 valence electrons. The molecule has 0 saturated carbocycles. The van der Waals surface area contributed by atoms with Gasteiger partial charge in [0.2, 0.25) is 11.8 Å². The molecule has 0 radical (unpaired) electrons. The van der Waals surface area contributed by atoms with Crippen molar-refractivity contribution in [2.45, 2.75) is 32.4 Å². The maximum absolute atomic E-state index is 13.8. The zero-order valence-corrected chi connectivity index (χ0v) is 21.3. The number of ether oxygens (including phenoxy) is 3. The van der Waals surface area contributed by atoms with E-state index in [0.29, 0.717) is 24.5 Å². The topological polar surface area (TPSA) is 77.1 Å². The van der Waals surface area contributed by atoms with E-state index in [2.05, 4.69) is 5.32 Å². The van der Waals surface area contributed by atoms with Gasteiger partial charge in [-0.15, -0.1) is 0 Å². The Balaban J connectivity index is 1.96. The first-order chi connectivity index (χ1) is 17.5. The molecule has 36 heavy (non-hydrogen) atoms. The van der Waals surface area contributed by atoms with Gasteiger partial charge in [0.1, 0.15) is 11.8 Å². The lowest BCUT2D eigenvalue weighted by Gasteiger charge is -2.31. The fourth-order valence-electron chi connectivity index (χ4n) is 4.04. The quantitative estimate of drug-likeness (QED) is 0.415. The number of hydrogen-bond donors (Lipinski definition) is 1. The van der Waals surface area contributed by atoms with E-state index in [1.807, 2.05) is 67.6 Å². The summed E-state index contributed by atoms with van der Waals surface area (Å²) in [6.07, 6.45) is 0.516. The average Bonchev–Trinajstić information content (AvgIpc) is 2.91. The minimum atomic E-state index is -0.679. The Morgan fingerprint density at radius 2 is 1.47 bits per heavy atom. The molecule has 3 aromatic carbocycles. The monoisotopic (exact) mass is 490 g/mol. The minimum absolute atomic E-state index is 0.112. The summed E-state index contributed by atoms with van der Waals surface area (Å²) in [5.74, 6) is 1.52. The van der Waals surface area contributed by atoms with E-state index in [0.717, 1.165) is 22.4 Å². The molecule has 3 rings (SSSR count). The van der Waals surface area contributed by atoms with Crippen LogP contribution < -0.4 is 19.5 Å². The van der Waals surface area contributed by atoms with E-state index in [1.54, 1.807) is 38.4 Å². The number of likely N-dealkylation sites (N-methyl/N-ethyl adjacent to an activating group) is 1. The van der Waals surface area contributed by atoms with Gasteiger partial charge in [-0.3, -0.25) is 9.59 Å². The molecule has 0 fully saturated rings. The van der Waals surface area contributed by atoms with Gasteiger partial charge in [-0.1, -0.05) is 48.5 Å². The van der Waals surface area contributed by atoms with Crippen molar-refractivity contribution in [1.82, 2.24) is 10.2 Å². The van der Waals surface area contributed by atoms with Crippen molar-refractivity contribution in [3.05, 3.63) is 89.5 Å². The molecule has 7 nitrogen and oxygen atoms in total. The number of amides is 2. The first kappa shape index (κ1) is 26.6. The lowest BCUT2D eigenvalue weighted by atomic mass is 10.0. The summed E-state index contributed by atoms with van der Waals surface area (Å²) in [6, 6.07) is 22.0. The van der Waals surface area contributed by atoms with Gasteiger partial charge in [0, 0.05) is 19.5 Å². The van der Waals surface area contributed by atoms with Crippen molar-refractivity contribution < 1.29 is 23.8 Å². The smallest absolute Gasteiger partial charge is 0.243 e. The number of rotatable bonds is 12. The standard InChI is InChI=1S/C29H34N2O5/c1-5-30-29(33)25(17-21-9-7-6-8-10-21)31(20-22-11-14-24(34-2)15-12-22)28(32)19-23-13-16-26(35-3)27(18-23)36-4/h6-16,18,25H,5,17,19-20H2,1-4H3,(H,30,33). The van der Waals surface area contributed by atoms with Crippen molar-refractivity contribution in [3.8, 4) is 17.2 Å². The molecule has 0 heterocycles. The summed E-state index contributed by atoms with van der Waals surface area (Å²) in [5, 5.41) is 2.91. The van der Waals surface area contributed by atoms with Crippen LogP contribution in [-0.4, -0.2) is 50.6 Å². The van der Waals surface area contributed by atoms with Crippen LogP contribution in [0.3, 0.4) is 0 Å². The Morgan fingerprint density at radius 1 is 0.806 bits per heavy atom. The molecule has 2 amide bonds. The summed E-state index contributed by atoms with van der Waals surface area (Å²) in [7, 11) is 4.74. The van der Waals surface area contributed by atoms with Crippen molar-refractivity contribution in [3.63, 3.8) is 0 Å². The highest BCUT2D eigenvalue weighted by atomic mass is 16.5. The van der Waals surface area contributed by atoms with E-state index < -0.39 is 6.04 Å². The van der Waals surface area contributed by atoms with Crippen LogP contribution in [0.5, 0.6) is 17.2 Å². The Bertz CT molecular complexity index is 1130. The number of methoxy groups -OCH3 is 3. The van der Waals surface area contributed by atoms with Crippen LogP contribution in [0.15, 0.2) is 72.8 Å². The third kappa shape index (κ3) is 7.01. The summed E-state index contributed by atoms with van der Waals surface area (Å²) in [4.78, 5) is 28.7. The molecular weight excluding hydrogens is 456 g/mol. The third-order valence-electron chi connectivity index (χ3n) is 5.94. The molecule has 0 bridgehead atoms. The lowest BCUT2D eigenvalue weighted by Crippen LogP contribution is -2.50. The second kappa shape index (κ2) is 13.2. The molecule has 0 aliphatic heterocycles. The summed E-state index contributed by atoms with van der Waals surface area (Å²) in [6.45, 7) is 2.63. The molecule has 3 aromatic rings. The number of nitrogens with zero attached hydrogens (tertiary/aromatic N) is 1. The van der Waals surface area contributed by atoms with E-state index in [4.69, 9.17) is 14.2 Å². The van der Waals surface area contributed by atoms with Crippen molar-refractivity contribution in [1.29, 1.82) is 0 Å². The zero-order valence-electron chi connectivity index (χ0n) is 21.3. The largest absolute Gasteiger partial charge is 0.497 e. The van der Waals surface area contributed by atoms with Crippen molar-refractivity contribution >= 4 is 11.8 Å². The van der Waals surface area contributed by atoms with Crippen LogP contribution in [0.1, 0.15) is 23.6 Å². The van der Waals surface area contributed by atoms with Crippen LogP contribution in [0.2, 0.25) is 0 Å². The van der Waals surface area contributed by atoms with Gasteiger partial charge in [-0.25, -0.2) is 0 Å². The van der Waals surface area contributed by atoms with E-state index >= 15 is 0 Å². The van der Waals surface area contributed by atoms with Crippen LogP contribution in [0, 0.1) is 0 Å². The molecule has 1 atom stereocenters. The highest BCUT2D eigenvalue weighted by Crippen LogP contribution is 2.28. The highest BCUT2D eigenvalue weighted by molar-refractivity contribution is 5.88. The van der Waals surface area contributed by atoms with Gasteiger partial charge < -0.3 is 24.4 Å². The number of nitrogens with one attached hydrogen (secondary N) is 1. The van der Waals surface area contributed by atoms with Crippen LogP contribution in [-0.2, 0) is 29.0 Å². The second-order valence-electron chi connectivity index (χ2n) is 8.34. The van der Waals surface area contributed by atoms with Gasteiger partial charge in [0.05, 0.1) is 27.8 Å². The first-order valence-electron chi connectivity index (χ1n) is 11.9. The molecule has 1 unspecified atom stereocenters. The van der Waals surface area contributed by atoms with Gasteiger partial charge in [0.25, 0.3) is 0 Å². The summed E-state index contributed by atoms with van der Waals surface area (Å²) in [5.41, 5.74) is 2.65. The van der Waals surface area contributed by atoms with Gasteiger partial charge >= 0.3 is 0 Å². The lowest BCUT2D eigenvalue weighted by molar-refractivity contribution is -0.140. The normalized spacial score (nSPS) is 11.3. The molecule has 0 aromatic heterocycles. The fourth-order valence-corrected chi connectivity index (χ4v) is 4.04. The number of benzene rings is 3. The molecule has 0 saturated heterocycles. The fraction of sp³-hybridized carbons (Fsp3) is 0.310. The Kier molecular flexibility index (Phi) is 9.74. The number of carbonyl (C=O) groups is 2. The van der Waals surface area contributed by atoms with E-state index in [1.165, 1.54) is 0 Å². The van der Waals surface area contributed by atoms with E-state index in [-0.39, 0.29) is 24.8 Å².